The van der Waals surface area contributed by atoms with Crippen LogP contribution in [-0.2, 0) is 13.1 Å². The zero-order chi connectivity index (χ0) is 27.4. The Morgan fingerprint density at radius 2 is 2.02 bits per heavy atom. The number of H-pyrrole nitrogens is 2. The van der Waals surface area contributed by atoms with Crippen LogP contribution in [0.2, 0.25) is 0 Å². The lowest BCUT2D eigenvalue weighted by molar-refractivity contribution is 0.148. The second-order valence-corrected chi connectivity index (χ2v) is 10.9. The predicted octanol–water partition coefficient (Wildman–Crippen LogP) is 3.65. The molecule has 3 N–H and O–H groups in total. The third kappa shape index (κ3) is 4.08. The highest BCUT2D eigenvalue weighted by molar-refractivity contribution is 6.00. The fourth-order valence-corrected chi connectivity index (χ4v) is 6.36. The topological polar surface area (TPSA) is 106 Å². The van der Waals surface area contributed by atoms with Crippen LogP contribution in [0.1, 0.15) is 18.4 Å². The molecule has 0 radical (unpaired) electrons. The molecule has 7 rings (SSSR count). The first-order valence-corrected chi connectivity index (χ1v) is 13.7. The average Bonchev–Trinajstić information content (AvgIpc) is 3.62. The molecule has 0 aliphatic carbocycles. The minimum absolute atomic E-state index is 0.0427. The summed E-state index contributed by atoms with van der Waals surface area (Å²) in [7, 11) is 1.86. The minimum Gasteiger partial charge on any atom is -0.345 e. The second-order valence-electron chi connectivity index (χ2n) is 10.9. The van der Waals surface area contributed by atoms with Gasteiger partial charge in [-0.05, 0) is 61.7 Å². The highest BCUT2D eigenvalue weighted by Gasteiger charge is 2.28. The number of nitrogens with one attached hydrogen (secondary N) is 3. The van der Waals surface area contributed by atoms with Gasteiger partial charge in [0, 0.05) is 56.6 Å². The summed E-state index contributed by atoms with van der Waals surface area (Å²) >= 11 is 0. The SMILES string of the molecule is CN(CC1CCNCC1)C(=O)N1CCn2cc(-c3c(-c4cnc5ccccn45)[nH][nH]c3=O)c3cc(F)cc(c32)C1. The maximum Gasteiger partial charge on any atom is 0.320 e. The van der Waals surface area contributed by atoms with Gasteiger partial charge in [-0.25, -0.2) is 14.2 Å². The number of nitrogens with zero attached hydrogens (tertiary/aromatic N) is 5. The molecule has 2 amide bonds. The number of aromatic amines is 2. The van der Waals surface area contributed by atoms with Crippen LogP contribution in [0.15, 0.2) is 53.7 Å². The van der Waals surface area contributed by atoms with E-state index in [0.29, 0.717) is 54.3 Å². The van der Waals surface area contributed by atoms with Crippen molar-refractivity contribution >= 4 is 22.6 Å². The smallest absolute Gasteiger partial charge is 0.320 e. The van der Waals surface area contributed by atoms with E-state index in [1.54, 1.807) is 16.0 Å². The van der Waals surface area contributed by atoms with Crippen molar-refractivity contribution in [2.24, 2.45) is 5.92 Å². The van der Waals surface area contributed by atoms with Crippen LogP contribution in [0, 0.1) is 11.7 Å². The van der Waals surface area contributed by atoms with Gasteiger partial charge in [-0.3, -0.25) is 19.4 Å². The zero-order valence-electron chi connectivity index (χ0n) is 22.3. The third-order valence-corrected chi connectivity index (χ3v) is 8.30. The number of imidazole rings is 1. The normalized spacial score (nSPS) is 16.1. The van der Waals surface area contributed by atoms with Crippen molar-refractivity contribution in [1.29, 1.82) is 0 Å². The van der Waals surface area contributed by atoms with Gasteiger partial charge in [0.05, 0.1) is 28.7 Å². The molecule has 0 saturated carbocycles. The van der Waals surface area contributed by atoms with E-state index < -0.39 is 5.82 Å². The molecule has 1 fully saturated rings. The third-order valence-electron chi connectivity index (χ3n) is 8.30. The summed E-state index contributed by atoms with van der Waals surface area (Å²) in [6.45, 7) is 4.01. The van der Waals surface area contributed by atoms with Gasteiger partial charge in [-0.1, -0.05) is 6.07 Å². The van der Waals surface area contributed by atoms with Crippen LogP contribution in [0.5, 0.6) is 0 Å². The maximum absolute atomic E-state index is 15.1. The van der Waals surface area contributed by atoms with E-state index in [2.05, 4.69) is 20.5 Å². The molecule has 0 bridgehead atoms. The Balaban J connectivity index is 1.26. The average molecular weight is 543 g/mol. The van der Waals surface area contributed by atoms with Gasteiger partial charge in [0.15, 0.2) is 0 Å². The molecule has 1 aromatic carbocycles. The Labute approximate surface area is 229 Å². The fourth-order valence-electron chi connectivity index (χ4n) is 6.36. The van der Waals surface area contributed by atoms with Crippen LogP contribution in [0.3, 0.4) is 0 Å². The van der Waals surface area contributed by atoms with Gasteiger partial charge in [0.2, 0.25) is 0 Å². The van der Waals surface area contributed by atoms with Crippen molar-refractivity contribution in [3.05, 3.63) is 70.7 Å². The summed E-state index contributed by atoms with van der Waals surface area (Å²) in [5.41, 5.74) is 4.42. The number of fused-ring (bicyclic) bond motifs is 1. The van der Waals surface area contributed by atoms with E-state index in [0.717, 1.165) is 48.4 Å². The van der Waals surface area contributed by atoms with Crippen LogP contribution in [-0.4, -0.2) is 73.2 Å². The van der Waals surface area contributed by atoms with Crippen LogP contribution in [0.25, 0.3) is 39.1 Å². The molecule has 11 heteroatoms. The largest absolute Gasteiger partial charge is 0.345 e. The first kappa shape index (κ1) is 24.6. The number of aromatic nitrogens is 5. The van der Waals surface area contributed by atoms with Crippen LogP contribution >= 0.6 is 0 Å². The number of pyridine rings is 1. The van der Waals surface area contributed by atoms with Gasteiger partial charge in [0.25, 0.3) is 5.56 Å². The highest BCUT2D eigenvalue weighted by atomic mass is 19.1. The number of benzene rings is 1. The Morgan fingerprint density at radius 1 is 1.18 bits per heavy atom. The molecule has 10 nitrogen and oxygen atoms in total. The zero-order valence-corrected chi connectivity index (χ0v) is 22.3. The van der Waals surface area contributed by atoms with Crippen molar-refractivity contribution in [3.8, 4) is 22.5 Å². The van der Waals surface area contributed by atoms with Gasteiger partial charge >= 0.3 is 6.03 Å². The van der Waals surface area contributed by atoms with E-state index >= 15 is 4.39 Å². The summed E-state index contributed by atoms with van der Waals surface area (Å²) in [4.78, 5) is 34.7. The van der Waals surface area contributed by atoms with Crippen LogP contribution < -0.4 is 10.9 Å². The lowest BCUT2D eigenvalue weighted by atomic mass is 9.98. The van der Waals surface area contributed by atoms with E-state index in [-0.39, 0.29) is 11.6 Å². The summed E-state index contributed by atoms with van der Waals surface area (Å²) in [5, 5.41) is 9.75. The number of hydrogen-bond acceptors (Lipinski definition) is 4. The molecule has 2 aliphatic heterocycles. The molecular formula is C29H31FN8O2. The Bertz CT molecular complexity index is 1790. The maximum atomic E-state index is 15.1. The summed E-state index contributed by atoms with van der Waals surface area (Å²) < 4.78 is 19.1. The molecular weight excluding hydrogens is 511 g/mol. The van der Waals surface area contributed by atoms with Crippen LogP contribution in [0.4, 0.5) is 9.18 Å². The number of carbonyl (C=O) groups excluding carboxylic acids is 1. The number of carbonyl (C=O) groups is 1. The summed E-state index contributed by atoms with van der Waals surface area (Å²) in [5.74, 6) is 0.0862. The molecule has 6 heterocycles. The first-order chi connectivity index (χ1) is 19.5. The second kappa shape index (κ2) is 9.67. The fraction of sp³-hybridized carbons (Fsp3) is 0.345. The van der Waals surface area contributed by atoms with Crippen molar-refractivity contribution in [3.63, 3.8) is 0 Å². The number of halogens is 1. The number of rotatable bonds is 4. The number of urea groups is 1. The minimum atomic E-state index is -0.401. The lowest BCUT2D eigenvalue weighted by Gasteiger charge is -2.31. The Morgan fingerprint density at radius 3 is 2.88 bits per heavy atom. The number of amides is 2. The van der Waals surface area contributed by atoms with Gasteiger partial charge in [-0.15, -0.1) is 0 Å². The van der Waals surface area contributed by atoms with Crippen molar-refractivity contribution in [1.82, 2.24) is 39.3 Å². The number of hydrogen-bond donors (Lipinski definition) is 3. The molecule has 1 saturated heterocycles. The van der Waals surface area contributed by atoms with E-state index in [4.69, 9.17) is 0 Å². The van der Waals surface area contributed by atoms with Gasteiger partial charge < -0.3 is 19.7 Å². The van der Waals surface area contributed by atoms with E-state index in [1.807, 2.05) is 46.6 Å². The standard InChI is InChI=1S/C29H31FN8O2/c1-35(15-18-5-7-31-8-6-18)29(40)37-11-10-36-17-22(21-13-20(30)12-19(16-37)27(21)36)25-26(33-34-28(25)39)23-14-32-24-4-2-3-9-38(23)24/h2-4,9,12-14,17-18,31H,5-8,10-11,15-16H2,1H3,(H2,33,34,39). The predicted molar refractivity (Wildman–Crippen MR) is 151 cm³/mol. The molecule has 0 unspecified atom stereocenters. The molecule has 5 aromatic rings. The quantitative estimate of drug-likeness (QED) is 0.322. The van der Waals surface area contributed by atoms with Crippen molar-refractivity contribution in [2.75, 3.05) is 33.2 Å². The van der Waals surface area contributed by atoms with Crippen molar-refractivity contribution < 1.29 is 9.18 Å². The monoisotopic (exact) mass is 542 g/mol. The van der Waals surface area contributed by atoms with E-state index in [9.17, 15) is 9.59 Å². The van der Waals surface area contributed by atoms with Gasteiger partial charge in [-0.2, -0.15) is 0 Å². The Kier molecular flexibility index (Phi) is 5.96. The van der Waals surface area contributed by atoms with Crippen molar-refractivity contribution in [2.45, 2.75) is 25.9 Å². The highest BCUT2D eigenvalue weighted by Crippen LogP contribution is 2.37. The first-order valence-electron chi connectivity index (χ1n) is 13.7. The molecule has 0 spiro atoms. The molecule has 0 atom stereocenters. The molecule has 40 heavy (non-hydrogen) atoms. The summed E-state index contributed by atoms with van der Waals surface area (Å²) in [6, 6.07) is 8.65. The van der Waals surface area contributed by atoms with E-state index in [1.165, 1.54) is 12.1 Å². The molecule has 2 aliphatic rings. The molecule has 4 aromatic heterocycles. The lowest BCUT2D eigenvalue weighted by Crippen LogP contribution is -2.44. The van der Waals surface area contributed by atoms with Gasteiger partial charge in [0.1, 0.15) is 11.5 Å². The molecule has 206 valence electrons. The summed E-state index contributed by atoms with van der Waals surface area (Å²) in [6.07, 6.45) is 7.64. The Hall–Kier alpha value is -4.38. The number of piperidine rings is 1.